The summed E-state index contributed by atoms with van der Waals surface area (Å²) in [5.74, 6) is 5.56. The van der Waals surface area contributed by atoms with E-state index < -0.39 is 5.60 Å². The molecule has 0 fully saturated rings. The highest BCUT2D eigenvalue weighted by Crippen LogP contribution is 2.06. The SMILES string of the molecule is Cc1ncnc(C#CC(C)(C)O)c1C. The molecule has 74 valence electrons. The summed E-state index contributed by atoms with van der Waals surface area (Å²) in [7, 11) is 0. The molecule has 14 heavy (non-hydrogen) atoms. The van der Waals surface area contributed by atoms with Crippen LogP contribution in [0.4, 0.5) is 0 Å². The van der Waals surface area contributed by atoms with Crippen molar-refractivity contribution in [1.29, 1.82) is 0 Å². The third-order valence-electron chi connectivity index (χ3n) is 1.82. The van der Waals surface area contributed by atoms with E-state index in [0.717, 1.165) is 11.3 Å². The molecule has 0 saturated carbocycles. The molecular formula is C11H14N2O. The number of hydrogen-bond donors (Lipinski definition) is 1. The Morgan fingerprint density at radius 3 is 2.50 bits per heavy atom. The highest BCUT2D eigenvalue weighted by Gasteiger charge is 2.07. The number of rotatable bonds is 0. The highest BCUT2D eigenvalue weighted by molar-refractivity contribution is 5.37. The Morgan fingerprint density at radius 1 is 1.29 bits per heavy atom. The molecule has 0 unspecified atom stereocenters. The Kier molecular flexibility index (Phi) is 2.87. The fourth-order valence-electron chi connectivity index (χ4n) is 0.876. The summed E-state index contributed by atoms with van der Waals surface area (Å²) in [5, 5.41) is 9.42. The van der Waals surface area contributed by atoms with Crippen LogP contribution in [0.1, 0.15) is 30.8 Å². The van der Waals surface area contributed by atoms with E-state index in [1.54, 1.807) is 13.8 Å². The molecule has 1 N–H and O–H groups in total. The van der Waals surface area contributed by atoms with Crippen LogP contribution in [0.5, 0.6) is 0 Å². The Hall–Kier alpha value is -1.40. The molecule has 0 aliphatic carbocycles. The Labute approximate surface area is 84.2 Å². The Morgan fingerprint density at radius 2 is 1.93 bits per heavy atom. The number of nitrogens with zero attached hydrogens (tertiary/aromatic N) is 2. The maximum Gasteiger partial charge on any atom is 0.120 e. The van der Waals surface area contributed by atoms with Crippen molar-refractivity contribution in [2.75, 3.05) is 0 Å². The van der Waals surface area contributed by atoms with E-state index in [2.05, 4.69) is 21.8 Å². The molecule has 1 rings (SSSR count). The molecule has 0 bridgehead atoms. The van der Waals surface area contributed by atoms with Gasteiger partial charge in [0.25, 0.3) is 0 Å². The fourth-order valence-corrected chi connectivity index (χ4v) is 0.876. The van der Waals surface area contributed by atoms with E-state index >= 15 is 0 Å². The minimum Gasteiger partial charge on any atom is -0.378 e. The van der Waals surface area contributed by atoms with Gasteiger partial charge in [-0.3, -0.25) is 0 Å². The van der Waals surface area contributed by atoms with Crippen molar-refractivity contribution in [3.8, 4) is 11.8 Å². The van der Waals surface area contributed by atoms with Gasteiger partial charge in [-0.1, -0.05) is 5.92 Å². The minimum atomic E-state index is -0.981. The van der Waals surface area contributed by atoms with Gasteiger partial charge in [0.05, 0.1) is 0 Å². The van der Waals surface area contributed by atoms with Crippen LogP contribution < -0.4 is 0 Å². The summed E-state index contributed by atoms with van der Waals surface area (Å²) in [4.78, 5) is 8.09. The van der Waals surface area contributed by atoms with Gasteiger partial charge in [0.2, 0.25) is 0 Å². The first-order valence-corrected chi connectivity index (χ1v) is 4.44. The van der Waals surface area contributed by atoms with Gasteiger partial charge in [-0.25, -0.2) is 9.97 Å². The number of aliphatic hydroxyl groups is 1. The van der Waals surface area contributed by atoms with E-state index in [0.29, 0.717) is 5.69 Å². The monoisotopic (exact) mass is 190 g/mol. The van der Waals surface area contributed by atoms with Crippen molar-refractivity contribution in [2.45, 2.75) is 33.3 Å². The predicted octanol–water partition coefficient (Wildman–Crippen LogP) is 1.22. The number of hydrogen-bond acceptors (Lipinski definition) is 3. The molecule has 1 aromatic rings. The third-order valence-corrected chi connectivity index (χ3v) is 1.82. The molecule has 3 heteroatoms. The van der Waals surface area contributed by atoms with Crippen LogP contribution in [0.25, 0.3) is 0 Å². The minimum absolute atomic E-state index is 0.680. The highest BCUT2D eigenvalue weighted by atomic mass is 16.3. The maximum absolute atomic E-state index is 9.42. The van der Waals surface area contributed by atoms with Crippen LogP contribution in [-0.2, 0) is 0 Å². The lowest BCUT2D eigenvalue weighted by Crippen LogP contribution is -2.14. The van der Waals surface area contributed by atoms with Crippen LogP contribution in [0.15, 0.2) is 6.33 Å². The Balaban J connectivity index is 3.08. The summed E-state index contributed by atoms with van der Waals surface area (Å²) in [6.07, 6.45) is 1.48. The summed E-state index contributed by atoms with van der Waals surface area (Å²) in [6, 6.07) is 0. The van der Waals surface area contributed by atoms with E-state index in [4.69, 9.17) is 0 Å². The maximum atomic E-state index is 9.42. The summed E-state index contributed by atoms with van der Waals surface area (Å²) >= 11 is 0. The van der Waals surface area contributed by atoms with Crippen molar-refractivity contribution in [1.82, 2.24) is 9.97 Å². The first-order chi connectivity index (χ1) is 6.40. The Bertz CT molecular complexity index is 394. The summed E-state index contributed by atoms with van der Waals surface area (Å²) < 4.78 is 0. The van der Waals surface area contributed by atoms with Gasteiger partial charge in [0.15, 0.2) is 0 Å². The van der Waals surface area contributed by atoms with Crippen LogP contribution in [0, 0.1) is 25.7 Å². The van der Waals surface area contributed by atoms with E-state index in [-0.39, 0.29) is 0 Å². The van der Waals surface area contributed by atoms with Gasteiger partial charge in [0, 0.05) is 11.3 Å². The zero-order chi connectivity index (χ0) is 10.8. The zero-order valence-corrected chi connectivity index (χ0v) is 8.92. The van der Waals surface area contributed by atoms with Gasteiger partial charge < -0.3 is 5.11 Å². The van der Waals surface area contributed by atoms with Crippen LogP contribution in [0.2, 0.25) is 0 Å². The van der Waals surface area contributed by atoms with E-state index in [1.807, 2.05) is 13.8 Å². The molecule has 0 aliphatic heterocycles. The lowest BCUT2D eigenvalue weighted by atomic mass is 10.1. The average Bonchev–Trinajstić information content (AvgIpc) is 2.06. The van der Waals surface area contributed by atoms with Gasteiger partial charge in [-0.15, -0.1) is 0 Å². The van der Waals surface area contributed by atoms with Crippen LogP contribution >= 0.6 is 0 Å². The molecule has 0 spiro atoms. The van der Waals surface area contributed by atoms with Gasteiger partial charge in [0.1, 0.15) is 17.6 Å². The normalized spacial score (nSPS) is 10.6. The molecule has 0 aliphatic rings. The molecule has 0 atom stereocenters. The zero-order valence-electron chi connectivity index (χ0n) is 8.92. The molecule has 0 radical (unpaired) electrons. The van der Waals surface area contributed by atoms with Crippen LogP contribution in [0.3, 0.4) is 0 Å². The second kappa shape index (κ2) is 3.77. The first-order valence-electron chi connectivity index (χ1n) is 4.44. The lowest BCUT2D eigenvalue weighted by molar-refractivity contribution is 0.143. The molecule has 1 heterocycles. The topological polar surface area (TPSA) is 46.0 Å². The largest absolute Gasteiger partial charge is 0.378 e. The quantitative estimate of drug-likeness (QED) is 0.625. The smallest absolute Gasteiger partial charge is 0.120 e. The second-order valence-electron chi connectivity index (χ2n) is 3.74. The van der Waals surface area contributed by atoms with Crippen molar-refractivity contribution < 1.29 is 5.11 Å². The standard InChI is InChI=1S/C11H14N2O/c1-8-9(2)12-7-13-10(8)5-6-11(3,4)14/h7,14H,1-4H3. The summed E-state index contributed by atoms with van der Waals surface area (Å²) in [6.45, 7) is 7.11. The number of aryl methyl sites for hydroxylation is 1. The third kappa shape index (κ3) is 2.82. The van der Waals surface area contributed by atoms with E-state index in [9.17, 15) is 5.11 Å². The fraction of sp³-hybridized carbons (Fsp3) is 0.455. The van der Waals surface area contributed by atoms with Gasteiger partial charge in [-0.05, 0) is 33.6 Å². The van der Waals surface area contributed by atoms with Crippen LogP contribution in [-0.4, -0.2) is 20.7 Å². The molecule has 0 aromatic carbocycles. The van der Waals surface area contributed by atoms with Crippen molar-refractivity contribution in [3.05, 3.63) is 23.3 Å². The second-order valence-corrected chi connectivity index (χ2v) is 3.74. The average molecular weight is 190 g/mol. The van der Waals surface area contributed by atoms with Gasteiger partial charge >= 0.3 is 0 Å². The summed E-state index contributed by atoms with van der Waals surface area (Å²) in [5.41, 5.74) is 1.58. The molecule has 0 saturated heterocycles. The lowest BCUT2D eigenvalue weighted by Gasteiger charge is -2.06. The van der Waals surface area contributed by atoms with E-state index in [1.165, 1.54) is 6.33 Å². The van der Waals surface area contributed by atoms with Crippen molar-refractivity contribution in [3.63, 3.8) is 0 Å². The number of aromatic nitrogens is 2. The molecule has 3 nitrogen and oxygen atoms in total. The molecule has 1 aromatic heterocycles. The molecular weight excluding hydrogens is 176 g/mol. The van der Waals surface area contributed by atoms with Crippen molar-refractivity contribution >= 4 is 0 Å². The first kappa shape index (κ1) is 10.7. The van der Waals surface area contributed by atoms with Gasteiger partial charge in [-0.2, -0.15) is 0 Å². The van der Waals surface area contributed by atoms with Crippen molar-refractivity contribution in [2.24, 2.45) is 0 Å². The predicted molar refractivity (Wildman–Crippen MR) is 54.7 cm³/mol. The molecule has 0 amide bonds.